The number of nitrogens with zero attached hydrogens (tertiary/aromatic N) is 1. The van der Waals surface area contributed by atoms with Crippen LogP contribution in [-0.4, -0.2) is 28.7 Å². The van der Waals surface area contributed by atoms with Crippen molar-refractivity contribution in [2.75, 3.05) is 5.32 Å². The largest absolute Gasteiger partial charge is 0.445 e. The number of amides is 2. The lowest BCUT2D eigenvalue weighted by molar-refractivity contribution is -0.384. The number of rotatable bonds is 10. The second-order valence-corrected chi connectivity index (χ2v) is 7.83. The quantitative estimate of drug-likeness (QED) is 0.232. The molecule has 2 amide bonds. The van der Waals surface area contributed by atoms with Gasteiger partial charge in [-0.05, 0) is 30.2 Å². The lowest BCUT2D eigenvalue weighted by Crippen LogP contribution is -2.44. The fourth-order valence-corrected chi connectivity index (χ4v) is 3.42. The minimum absolute atomic E-state index is 0.0107. The molecule has 3 aromatic carbocycles. The third-order valence-corrected chi connectivity index (χ3v) is 5.23. The van der Waals surface area contributed by atoms with Crippen molar-refractivity contribution in [3.8, 4) is 0 Å². The highest BCUT2D eigenvalue weighted by Gasteiger charge is 2.25. The Kier molecular flexibility index (Phi) is 8.82. The third kappa shape index (κ3) is 6.72. The summed E-state index contributed by atoms with van der Waals surface area (Å²) in [5.41, 5.74) is -0.253. The average molecular weight is 493 g/mol. The van der Waals surface area contributed by atoms with Gasteiger partial charge in [0.1, 0.15) is 18.5 Å². The number of nitrogens with one attached hydrogen (secondary N) is 2. The van der Waals surface area contributed by atoms with E-state index in [0.717, 1.165) is 23.8 Å². The van der Waals surface area contributed by atoms with Crippen LogP contribution in [0.25, 0.3) is 0 Å². The zero-order valence-corrected chi connectivity index (χ0v) is 19.4. The van der Waals surface area contributed by atoms with E-state index in [1.54, 1.807) is 24.3 Å². The van der Waals surface area contributed by atoms with Gasteiger partial charge in [-0.1, -0.05) is 55.8 Å². The van der Waals surface area contributed by atoms with Gasteiger partial charge in [0.2, 0.25) is 5.91 Å². The molecule has 0 aromatic heterocycles. The number of carbonyl (C=O) groups is 3. The van der Waals surface area contributed by atoms with E-state index in [1.807, 2.05) is 13.0 Å². The zero-order chi connectivity index (χ0) is 26.1. The molecule has 3 rings (SSSR count). The van der Waals surface area contributed by atoms with E-state index in [1.165, 1.54) is 24.3 Å². The molecular formula is C26H24FN3O6. The molecule has 0 bridgehead atoms. The molecule has 0 heterocycles. The van der Waals surface area contributed by atoms with Crippen LogP contribution < -0.4 is 10.6 Å². The Morgan fingerprint density at radius 2 is 1.69 bits per heavy atom. The van der Waals surface area contributed by atoms with Gasteiger partial charge in [0.15, 0.2) is 5.78 Å². The Balaban J connectivity index is 1.80. The van der Waals surface area contributed by atoms with Gasteiger partial charge in [-0.2, -0.15) is 0 Å². The summed E-state index contributed by atoms with van der Waals surface area (Å²) in [4.78, 5) is 48.9. The SMILES string of the molecule is CCCC(NC(=O)OCc1ccccc1)C(=O)Nc1ccc([N+](=O)[O-])cc1C(=O)c1ccccc1F. The van der Waals surface area contributed by atoms with E-state index in [0.29, 0.717) is 6.42 Å². The van der Waals surface area contributed by atoms with Gasteiger partial charge in [-0.25, -0.2) is 9.18 Å². The van der Waals surface area contributed by atoms with Crippen molar-refractivity contribution < 1.29 is 28.4 Å². The summed E-state index contributed by atoms with van der Waals surface area (Å²) in [6.45, 7) is 1.83. The van der Waals surface area contributed by atoms with E-state index >= 15 is 0 Å². The fraction of sp³-hybridized carbons (Fsp3) is 0.192. The fourth-order valence-electron chi connectivity index (χ4n) is 3.42. The molecule has 0 aliphatic heterocycles. The van der Waals surface area contributed by atoms with Gasteiger partial charge >= 0.3 is 6.09 Å². The van der Waals surface area contributed by atoms with Crippen LogP contribution in [0.5, 0.6) is 0 Å². The molecule has 0 saturated heterocycles. The van der Waals surface area contributed by atoms with Crippen LogP contribution in [0, 0.1) is 15.9 Å². The number of alkyl carbamates (subject to hydrolysis) is 1. The molecule has 2 N–H and O–H groups in total. The van der Waals surface area contributed by atoms with E-state index in [4.69, 9.17) is 4.74 Å². The summed E-state index contributed by atoms with van der Waals surface area (Å²) in [5.74, 6) is -2.31. The summed E-state index contributed by atoms with van der Waals surface area (Å²) in [7, 11) is 0. The van der Waals surface area contributed by atoms with Crippen LogP contribution >= 0.6 is 0 Å². The molecule has 1 unspecified atom stereocenters. The number of non-ortho nitro benzene ring substituents is 1. The molecule has 3 aromatic rings. The Bertz CT molecular complexity index is 1270. The number of carbonyl (C=O) groups excluding carboxylic acids is 3. The zero-order valence-electron chi connectivity index (χ0n) is 19.4. The van der Waals surface area contributed by atoms with Crippen LogP contribution in [0.1, 0.15) is 41.3 Å². The molecule has 36 heavy (non-hydrogen) atoms. The first-order valence-electron chi connectivity index (χ1n) is 11.2. The second kappa shape index (κ2) is 12.2. The Morgan fingerprint density at radius 1 is 1.00 bits per heavy atom. The molecule has 0 aliphatic rings. The highest BCUT2D eigenvalue weighted by atomic mass is 19.1. The van der Waals surface area contributed by atoms with Gasteiger partial charge in [0.05, 0.1) is 21.7 Å². The predicted molar refractivity (Wildman–Crippen MR) is 130 cm³/mol. The van der Waals surface area contributed by atoms with Crippen molar-refractivity contribution >= 4 is 29.2 Å². The second-order valence-electron chi connectivity index (χ2n) is 7.83. The molecule has 0 saturated carbocycles. The average Bonchev–Trinajstić information content (AvgIpc) is 2.87. The van der Waals surface area contributed by atoms with Crippen LogP contribution in [0.4, 0.5) is 20.6 Å². The van der Waals surface area contributed by atoms with Crippen molar-refractivity contribution in [1.82, 2.24) is 5.32 Å². The summed E-state index contributed by atoms with van der Waals surface area (Å²) in [5, 5.41) is 16.3. The van der Waals surface area contributed by atoms with Crippen molar-refractivity contribution in [1.29, 1.82) is 0 Å². The number of halogens is 1. The van der Waals surface area contributed by atoms with Crippen LogP contribution in [0.15, 0.2) is 72.8 Å². The summed E-state index contributed by atoms with van der Waals surface area (Å²) < 4.78 is 19.4. The number of hydrogen-bond donors (Lipinski definition) is 2. The maximum Gasteiger partial charge on any atom is 0.408 e. The monoisotopic (exact) mass is 493 g/mol. The molecule has 1 atom stereocenters. The minimum Gasteiger partial charge on any atom is -0.445 e. The summed E-state index contributed by atoms with van der Waals surface area (Å²) >= 11 is 0. The number of anilines is 1. The molecule has 0 radical (unpaired) electrons. The van der Waals surface area contributed by atoms with Gasteiger partial charge in [-0.3, -0.25) is 19.7 Å². The first kappa shape index (κ1) is 26.0. The highest BCUT2D eigenvalue weighted by molar-refractivity contribution is 6.14. The number of nitro benzene ring substituents is 1. The molecule has 186 valence electrons. The van der Waals surface area contributed by atoms with E-state index in [-0.39, 0.29) is 29.8 Å². The topological polar surface area (TPSA) is 128 Å². The summed E-state index contributed by atoms with van der Waals surface area (Å²) in [6.07, 6.45) is -0.00688. The Morgan fingerprint density at radius 3 is 2.36 bits per heavy atom. The van der Waals surface area contributed by atoms with Gasteiger partial charge in [0, 0.05) is 12.1 Å². The van der Waals surface area contributed by atoms with Gasteiger partial charge in [-0.15, -0.1) is 0 Å². The van der Waals surface area contributed by atoms with Crippen molar-refractivity contribution in [2.24, 2.45) is 0 Å². The van der Waals surface area contributed by atoms with Crippen LogP contribution in [0.3, 0.4) is 0 Å². The molecular weight excluding hydrogens is 469 g/mol. The minimum atomic E-state index is -1.01. The van der Waals surface area contributed by atoms with E-state index < -0.39 is 40.3 Å². The molecule has 0 aliphatic carbocycles. The number of hydrogen-bond acceptors (Lipinski definition) is 6. The van der Waals surface area contributed by atoms with Gasteiger partial charge < -0.3 is 15.4 Å². The Hall–Kier alpha value is -4.60. The normalized spacial score (nSPS) is 11.3. The number of nitro groups is 1. The lowest BCUT2D eigenvalue weighted by Gasteiger charge is -2.19. The number of ether oxygens (including phenoxy) is 1. The van der Waals surface area contributed by atoms with Crippen LogP contribution in [0.2, 0.25) is 0 Å². The molecule has 9 nitrogen and oxygen atoms in total. The first-order valence-corrected chi connectivity index (χ1v) is 11.2. The smallest absolute Gasteiger partial charge is 0.408 e. The van der Waals surface area contributed by atoms with Crippen LogP contribution in [-0.2, 0) is 16.1 Å². The Labute approximate surface area is 206 Å². The number of benzene rings is 3. The highest BCUT2D eigenvalue weighted by Crippen LogP contribution is 2.26. The van der Waals surface area contributed by atoms with Crippen molar-refractivity contribution in [3.63, 3.8) is 0 Å². The predicted octanol–water partition coefficient (Wildman–Crippen LogP) is 5.00. The van der Waals surface area contributed by atoms with Crippen molar-refractivity contribution in [2.45, 2.75) is 32.4 Å². The summed E-state index contributed by atoms with van der Waals surface area (Å²) in [6, 6.07) is 16.5. The standard InChI is InChI=1S/C26H24FN3O6/c1-2-8-23(29-26(33)36-16-17-9-4-3-5-10-17)25(32)28-22-14-13-18(30(34)35)15-20(22)24(31)19-11-6-7-12-21(19)27/h3-7,9-15,23H,2,8,16H2,1H3,(H,28,32)(H,29,33). The number of ketones is 1. The molecule has 0 fully saturated rings. The first-order chi connectivity index (χ1) is 17.3. The molecule has 0 spiro atoms. The third-order valence-electron chi connectivity index (χ3n) is 5.23. The van der Waals surface area contributed by atoms with E-state index in [9.17, 15) is 28.9 Å². The van der Waals surface area contributed by atoms with E-state index in [2.05, 4.69) is 10.6 Å². The molecule has 10 heteroatoms. The van der Waals surface area contributed by atoms with Gasteiger partial charge in [0.25, 0.3) is 5.69 Å². The van der Waals surface area contributed by atoms with Crippen molar-refractivity contribution in [3.05, 3.63) is 105 Å². The lowest BCUT2D eigenvalue weighted by atomic mass is 10.00. The maximum absolute atomic E-state index is 14.2. The maximum atomic E-state index is 14.2.